The number of imide groups is 4. The standard InChI is InChI=1S/C17H22N2O4.C15H26O6S3.C14H16N2O4/c1-12(17(2,3)19-15(22)9-10-16(19)23)6-4-5-11-18-13(20)7-8-14(18)21;1-2-15(9-19-12(16)3-6-22,10-20-13(17)4-7-23)11-21-14(18)5-8-24;1-10(9-16-13(19)6-7-14(16)20)3-2-8-15-11(17)4-5-12(15)18/h7-10,12H,4-6,11H2,1-3H3;22-24H,2-11H2,1H3;4-7,10H,2-3,8-9H2,1H3. The topological polar surface area (TPSA) is 228 Å². The molecule has 18 nitrogen and oxygen atoms in total. The Morgan fingerprint density at radius 3 is 1.22 bits per heavy atom. The first-order valence-corrected chi connectivity index (χ1v) is 24.0. The van der Waals surface area contributed by atoms with Gasteiger partial charge in [0.25, 0.3) is 47.3 Å². The van der Waals surface area contributed by atoms with Crippen LogP contribution in [-0.4, -0.2) is 147 Å². The van der Waals surface area contributed by atoms with Crippen molar-refractivity contribution in [2.45, 2.75) is 97.9 Å². The average Bonchev–Trinajstić information content (AvgIpc) is 4.01. The Bertz CT molecular complexity index is 1840. The molecule has 0 aromatic rings. The number of unbranched alkanes of at least 4 members (excludes halogenated alkanes) is 1. The van der Waals surface area contributed by atoms with Gasteiger partial charge in [-0.2, -0.15) is 37.9 Å². The zero-order valence-corrected chi connectivity index (χ0v) is 41.5. The van der Waals surface area contributed by atoms with E-state index in [1.54, 1.807) is 0 Å². The van der Waals surface area contributed by atoms with Crippen molar-refractivity contribution >= 4 is 103 Å². The van der Waals surface area contributed by atoms with Gasteiger partial charge >= 0.3 is 17.9 Å². The molecule has 4 aliphatic rings. The van der Waals surface area contributed by atoms with E-state index in [0.29, 0.717) is 56.2 Å². The minimum atomic E-state index is -0.773. The molecule has 2 atom stereocenters. The van der Waals surface area contributed by atoms with Crippen LogP contribution in [0, 0.1) is 17.3 Å². The van der Waals surface area contributed by atoms with Crippen LogP contribution in [0.5, 0.6) is 0 Å². The summed E-state index contributed by atoms with van der Waals surface area (Å²) in [6.45, 7) is 10.7. The third kappa shape index (κ3) is 18.9. The third-order valence-electron chi connectivity index (χ3n) is 11.5. The highest BCUT2D eigenvalue weighted by Gasteiger charge is 2.41. The number of carbonyl (C=O) groups is 11. The van der Waals surface area contributed by atoms with E-state index < -0.39 is 28.9 Å². The van der Waals surface area contributed by atoms with E-state index in [1.807, 2.05) is 34.6 Å². The maximum Gasteiger partial charge on any atom is 0.306 e. The van der Waals surface area contributed by atoms with Crippen molar-refractivity contribution in [2.75, 3.05) is 56.7 Å². The van der Waals surface area contributed by atoms with Gasteiger partial charge in [0.05, 0.1) is 24.7 Å². The predicted molar refractivity (Wildman–Crippen MR) is 255 cm³/mol. The molecule has 8 amide bonds. The summed E-state index contributed by atoms with van der Waals surface area (Å²) >= 11 is 11.9. The highest BCUT2D eigenvalue weighted by atomic mass is 32.1. The van der Waals surface area contributed by atoms with E-state index in [2.05, 4.69) is 37.9 Å². The molecule has 2 unspecified atom stereocenters. The van der Waals surface area contributed by atoms with Crippen LogP contribution in [-0.2, 0) is 67.0 Å². The second-order valence-corrected chi connectivity index (χ2v) is 18.2. The Morgan fingerprint density at radius 1 is 0.522 bits per heavy atom. The van der Waals surface area contributed by atoms with Gasteiger partial charge in [0.1, 0.15) is 19.8 Å². The Morgan fingerprint density at radius 2 is 0.866 bits per heavy atom. The van der Waals surface area contributed by atoms with E-state index in [0.717, 1.165) is 19.3 Å². The molecule has 67 heavy (non-hydrogen) atoms. The number of carbonyl (C=O) groups excluding carboxylic acids is 11. The monoisotopic (exact) mass is 992 g/mol. The molecule has 21 heteroatoms. The van der Waals surface area contributed by atoms with Gasteiger partial charge in [-0.25, -0.2) is 0 Å². The number of ether oxygens (including phenoxy) is 3. The lowest BCUT2D eigenvalue weighted by atomic mass is 9.83. The van der Waals surface area contributed by atoms with Crippen molar-refractivity contribution in [1.29, 1.82) is 0 Å². The molecule has 0 aromatic carbocycles. The first kappa shape index (κ1) is 58.1. The van der Waals surface area contributed by atoms with Gasteiger partial charge in [-0.05, 0) is 57.8 Å². The fourth-order valence-corrected chi connectivity index (χ4v) is 7.35. The van der Waals surface area contributed by atoms with Crippen molar-refractivity contribution in [3.05, 3.63) is 48.6 Å². The van der Waals surface area contributed by atoms with Crippen LogP contribution < -0.4 is 0 Å². The fraction of sp³-hybridized carbons (Fsp3) is 0.587. The summed E-state index contributed by atoms with van der Waals surface area (Å²) in [5.41, 5.74) is -1.34. The number of nitrogens with zero attached hydrogens (tertiary/aromatic N) is 4. The minimum absolute atomic E-state index is 0.00157. The highest BCUT2D eigenvalue weighted by Crippen LogP contribution is 2.31. The number of thiol groups is 3. The van der Waals surface area contributed by atoms with Crippen molar-refractivity contribution in [3.8, 4) is 0 Å². The summed E-state index contributed by atoms with van der Waals surface area (Å²) in [5, 5.41) is 0. The van der Waals surface area contributed by atoms with Crippen molar-refractivity contribution < 1.29 is 67.0 Å². The van der Waals surface area contributed by atoms with Crippen LogP contribution in [0.4, 0.5) is 0 Å². The van der Waals surface area contributed by atoms with Gasteiger partial charge in [0.15, 0.2) is 0 Å². The van der Waals surface area contributed by atoms with Gasteiger partial charge in [0.2, 0.25) is 0 Å². The van der Waals surface area contributed by atoms with Crippen molar-refractivity contribution in [3.63, 3.8) is 0 Å². The smallest absolute Gasteiger partial charge is 0.306 e. The summed E-state index contributed by atoms with van der Waals surface area (Å²) in [5.74, 6) is -2.00. The van der Waals surface area contributed by atoms with Crippen LogP contribution in [0.25, 0.3) is 0 Å². The molecule has 0 saturated carbocycles. The van der Waals surface area contributed by atoms with Crippen LogP contribution in [0.3, 0.4) is 0 Å². The van der Waals surface area contributed by atoms with E-state index in [-0.39, 0.29) is 98.2 Å². The number of esters is 3. The zero-order valence-electron chi connectivity index (χ0n) is 38.8. The van der Waals surface area contributed by atoms with E-state index in [9.17, 15) is 52.7 Å². The maximum absolute atomic E-state index is 11.8. The molecule has 0 bridgehead atoms. The van der Waals surface area contributed by atoms with Gasteiger partial charge in [-0.1, -0.05) is 27.2 Å². The largest absolute Gasteiger partial charge is 0.465 e. The van der Waals surface area contributed by atoms with Gasteiger partial charge in [0, 0.05) is 91.0 Å². The van der Waals surface area contributed by atoms with Crippen LogP contribution in [0.15, 0.2) is 48.6 Å². The molecule has 0 fully saturated rings. The second-order valence-electron chi connectivity index (χ2n) is 16.8. The number of amides is 8. The first-order valence-electron chi connectivity index (χ1n) is 22.1. The molecule has 370 valence electrons. The molecule has 0 N–H and O–H groups in total. The average molecular weight is 993 g/mol. The highest BCUT2D eigenvalue weighted by molar-refractivity contribution is 7.80. The van der Waals surface area contributed by atoms with Gasteiger partial charge in [-0.15, -0.1) is 0 Å². The van der Waals surface area contributed by atoms with Gasteiger partial charge < -0.3 is 14.2 Å². The molecule has 4 rings (SSSR count). The SMILES string of the molecule is CC(CCCCN1C(=O)C=CC1=O)C(C)(C)N1C(=O)C=CC1=O.CC(CCCN1C(=O)C=CC1=O)CN1C(=O)C=CC1=O.CCC(COC(=O)CCS)(COC(=O)CCS)COC(=O)CCS. The Kier molecular flexibility index (Phi) is 25.1. The molecule has 4 heterocycles. The molecule has 0 saturated heterocycles. The molecule has 0 aliphatic carbocycles. The lowest BCUT2D eigenvalue weighted by Crippen LogP contribution is -2.51. The molecular weight excluding hydrogens is 929 g/mol. The molecular formula is C46H64N4O14S3. The quantitative estimate of drug-likeness (QED) is 0.0370. The third-order valence-corrected chi connectivity index (χ3v) is 12.1. The number of hydrogen-bond donors (Lipinski definition) is 3. The summed E-state index contributed by atoms with van der Waals surface area (Å²) < 4.78 is 15.7. The summed E-state index contributed by atoms with van der Waals surface area (Å²) in [4.78, 5) is 132. The van der Waals surface area contributed by atoms with E-state index in [1.165, 1.54) is 68.2 Å². The normalized spacial score (nSPS) is 16.5. The van der Waals surface area contributed by atoms with Crippen molar-refractivity contribution in [1.82, 2.24) is 19.6 Å². The Labute approximate surface area is 408 Å². The molecule has 0 aromatic heterocycles. The van der Waals surface area contributed by atoms with E-state index in [4.69, 9.17) is 14.2 Å². The fourth-order valence-electron chi connectivity index (χ4n) is 6.80. The summed E-state index contributed by atoms with van der Waals surface area (Å²) in [7, 11) is 0. The van der Waals surface area contributed by atoms with Crippen LogP contribution in [0.2, 0.25) is 0 Å². The first-order chi connectivity index (χ1) is 31.7. The lowest BCUT2D eigenvalue weighted by Gasteiger charge is -2.39. The predicted octanol–water partition coefficient (Wildman–Crippen LogP) is 3.65. The minimum Gasteiger partial charge on any atom is -0.465 e. The number of hydrogen-bond acceptors (Lipinski definition) is 17. The van der Waals surface area contributed by atoms with Crippen LogP contribution in [0.1, 0.15) is 92.4 Å². The Hall–Kier alpha value is -5.02. The molecule has 0 spiro atoms. The second kappa shape index (κ2) is 29.0. The zero-order chi connectivity index (χ0) is 50.3. The molecule has 4 aliphatic heterocycles. The van der Waals surface area contributed by atoms with Crippen molar-refractivity contribution in [2.24, 2.45) is 17.3 Å². The summed E-state index contributed by atoms with van der Waals surface area (Å²) in [6, 6.07) is 0. The lowest BCUT2D eigenvalue weighted by molar-refractivity contribution is -0.162. The van der Waals surface area contributed by atoms with Gasteiger partial charge in [-0.3, -0.25) is 72.3 Å². The molecule has 0 radical (unpaired) electrons. The van der Waals surface area contributed by atoms with E-state index >= 15 is 0 Å². The number of rotatable bonds is 26. The summed E-state index contributed by atoms with van der Waals surface area (Å²) in [6.07, 6.45) is 15.0. The maximum atomic E-state index is 11.8. The van der Waals surface area contributed by atoms with Crippen LogP contribution >= 0.6 is 37.9 Å². The Balaban J connectivity index is 0.000000346.